The summed E-state index contributed by atoms with van der Waals surface area (Å²) in [7, 11) is 3.74. The lowest BCUT2D eigenvalue weighted by Gasteiger charge is -2.33. The van der Waals surface area contributed by atoms with Crippen LogP contribution in [0.2, 0.25) is 0 Å². The monoisotopic (exact) mass is 299 g/mol. The zero-order chi connectivity index (χ0) is 15.5. The number of fused-ring (bicyclic) bond motifs is 1. The lowest BCUT2D eigenvalue weighted by molar-refractivity contribution is 0.254. The number of carbonyl (C=O) groups is 1. The number of carbonyl (C=O) groups excluding carboxylic acids is 1. The van der Waals surface area contributed by atoms with Crippen molar-refractivity contribution in [3.63, 3.8) is 0 Å². The molecule has 3 rings (SSSR count). The number of piperazine rings is 1. The molecular weight excluding hydrogens is 278 g/mol. The van der Waals surface area contributed by atoms with Crippen LogP contribution in [0, 0.1) is 0 Å². The third kappa shape index (κ3) is 3.12. The van der Waals surface area contributed by atoms with Crippen LogP contribution >= 0.6 is 0 Å². The fourth-order valence-electron chi connectivity index (χ4n) is 2.60. The highest BCUT2D eigenvalue weighted by Crippen LogP contribution is 2.22. The SMILES string of the molecule is CNC(=O)Nc1ccc2nc(N3CCN(C)CC3)ccc2c1. The number of likely N-dealkylation sites (N-methyl/N-ethyl adjacent to an activating group) is 1. The summed E-state index contributed by atoms with van der Waals surface area (Å²) in [6, 6.07) is 9.65. The van der Waals surface area contributed by atoms with E-state index in [0.717, 1.165) is 48.6 Å². The number of hydrogen-bond donors (Lipinski definition) is 2. The fraction of sp³-hybridized carbons (Fsp3) is 0.375. The number of amides is 2. The van der Waals surface area contributed by atoms with E-state index in [0.29, 0.717) is 0 Å². The largest absolute Gasteiger partial charge is 0.354 e. The van der Waals surface area contributed by atoms with Gasteiger partial charge >= 0.3 is 6.03 Å². The van der Waals surface area contributed by atoms with E-state index >= 15 is 0 Å². The number of anilines is 2. The molecule has 2 amide bonds. The van der Waals surface area contributed by atoms with Gasteiger partial charge in [-0.05, 0) is 37.4 Å². The average molecular weight is 299 g/mol. The summed E-state index contributed by atoms with van der Waals surface area (Å²) in [6.07, 6.45) is 0. The Morgan fingerprint density at radius 2 is 1.91 bits per heavy atom. The van der Waals surface area contributed by atoms with E-state index in [-0.39, 0.29) is 6.03 Å². The number of aromatic nitrogens is 1. The Bertz CT molecular complexity index is 679. The topological polar surface area (TPSA) is 60.5 Å². The lowest BCUT2D eigenvalue weighted by atomic mass is 10.2. The summed E-state index contributed by atoms with van der Waals surface area (Å²) in [5.74, 6) is 1.02. The number of hydrogen-bond acceptors (Lipinski definition) is 4. The molecule has 1 fully saturated rings. The zero-order valence-corrected chi connectivity index (χ0v) is 13.0. The summed E-state index contributed by atoms with van der Waals surface area (Å²) in [5, 5.41) is 6.33. The highest BCUT2D eigenvalue weighted by atomic mass is 16.2. The maximum absolute atomic E-state index is 11.4. The van der Waals surface area contributed by atoms with Crippen molar-refractivity contribution in [3.05, 3.63) is 30.3 Å². The summed E-state index contributed by atoms with van der Waals surface area (Å²) >= 11 is 0. The van der Waals surface area contributed by atoms with Gasteiger partial charge in [0.05, 0.1) is 5.52 Å². The van der Waals surface area contributed by atoms with E-state index in [1.54, 1.807) is 7.05 Å². The molecule has 0 unspecified atom stereocenters. The van der Waals surface area contributed by atoms with E-state index in [4.69, 9.17) is 4.98 Å². The van der Waals surface area contributed by atoms with Gasteiger partial charge in [-0.3, -0.25) is 0 Å². The molecule has 2 N–H and O–H groups in total. The Balaban J connectivity index is 1.81. The Morgan fingerprint density at radius 3 is 2.64 bits per heavy atom. The van der Waals surface area contributed by atoms with Crippen LogP contribution in [-0.4, -0.2) is 56.2 Å². The molecule has 0 spiro atoms. The zero-order valence-electron chi connectivity index (χ0n) is 13.0. The van der Waals surface area contributed by atoms with Crippen LogP contribution in [0.4, 0.5) is 16.3 Å². The van der Waals surface area contributed by atoms with Gasteiger partial charge < -0.3 is 20.4 Å². The van der Waals surface area contributed by atoms with Gasteiger partial charge in [0.15, 0.2) is 0 Å². The first-order chi connectivity index (χ1) is 10.7. The normalized spacial score (nSPS) is 15.8. The van der Waals surface area contributed by atoms with Crippen LogP contribution in [-0.2, 0) is 0 Å². The van der Waals surface area contributed by atoms with Gasteiger partial charge in [0.1, 0.15) is 5.82 Å². The molecule has 2 heterocycles. The maximum atomic E-state index is 11.4. The molecule has 6 heteroatoms. The molecule has 1 aromatic heterocycles. The molecule has 1 saturated heterocycles. The molecule has 0 bridgehead atoms. The number of pyridine rings is 1. The van der Waals surface area contributed by atoms with Crippen molar-refractivity contribution in [2.75, 3.05) is 50.5 Å². The van der Waals surface area contributed by atoms with Crippen LogP contribution in [0.3, 0.4) is 0 Å². The van der Waals surface area contributed by atoms with E-state index in [1.165, 1.54) is 0 Å². The van der Waals surface area contributed by atoms with Crippen molar-refractivity contribution in [2.45, 2.75) is 0 Å². The van der Waals surface area contributed by atoms with E-state index in [9.17, 15) is 4.79 Å². The summed E-state index contributed by atoms with van der Waals surface area (Å²) in [4.78, 5) is 20.7. The molecule has 0 aliphatic carbocycles. The predicted molar refractivity (Wildman–Crippen MR) is 89.5 cm³/mol. The molecule has 2 aromatic rings. The first kappa shape index (κ1) is 14.6. The second kappa shape index (κ2) is 6.19. The second-order valence-corrected chi connectivity index (χ2v) is 5.57. The van der Waals surface area contributed by atoms with Crippen molar-refractivity contribution in [1.82, 2.24) is 15.2 Å². The van der Waals surface area contributed by atoms with Crippen molar-refractivity contribution < 1.29 is 4.79 Å². The third-order valence-electron chi connectivity index (χ3n) is 3.99. The highest BCUT2D eigenvalue weighted by molar-refractivity contribution is 5.92. The number of nitrogens with zero attached hydrogens (tertiary/aromatic N) is 3. The molecular formula is C16H21N5O. The predicted octanol–water partition coefficient (Wildman–Crippen LogP) is 1.74. The molecule has 1 aromatic carbocycles. The Morgan fingerprint density at radius 1 is 1.14 bits per heavy atom. The minimum absolute atomic E-state index is 0.221. The van der Waals surface area contributed by atoms with Crippen LogP contribution < -0.4 is 15.5 Å². The van der Waals surface area contributed by atoms with Gasteiger partial charge in [-0.15, -0.1) is 0 Å². The number of rotatable bonds is 2. The minimum Gasteiger partial charge on any atom is -0.354 e. The van der Waals surface area contributed by atoms with Crippen LogP contribution in [0.25, 0.3) is 10.9 Å². The van der Waals surface area contributed by atoms with Gasteiger partial charge in [0.2, 0.25) is 0 Å². The van der Waals surface area contributed by atoms with Gasteiger partial charge in [-0.2, -0.15) is 0 Å². The average Bonchev–Trinajstić information content (AvgIpc) is 2.55. The third-order valence-corrected chi connectivity index (χ3v) is 3.99. The molecule has 0 atom stereocenters. The maximum Gasteiger partial charge on any atom is 0.318 e. The van der Waals surface area contributed by atoms with Crippen molar-refractivity contribution >= 4 is 28.4 Å². The Labute approximate surface area is 130 Å². The van der Waals surface area contributed by atoms with Crippen molar-refractivity contribution in [2.24, 2.45) is 0 Å². The fourth-order valence-corrected chi connectivity index (χ4v) is 2.60. The molecule has 1 aliphatic heterocycles. The van der Waals surface area contributed by atoms with Crippen molar-refractivity contribution in [1.29, 1.82) is 0 Å². The van der Waals surface area contributed by atoms with Crippen molar-refractivity contribution in [3.8, 4) is 0 Å². The van der Waals surface area contributed by atoms with Gasteiger partial charge in [0, 0.05) is 44.3 Å². The first-order valence-electron chi connectivity index (χ1n) is 7.49. The van der Waals surface area contributed by atoms with E-state index in [2.05, 4.69) is 39.6 Å². The summed E-state index contributed by atoms with van der Waals surface area (Å²) in [6.45, 7) is 4.14. The number of urea groups is 1. The summed E-state index contributed by atoms with van der Waals surface area (Å²) < 4.78 is 0. The lowest BCUT2D eigenvalue weighted by Crippen LogP contribution is -2.44. The molecule has 116 valence electrons. The van der Waals surface area contributed by atoms with Crippen LogP contribution in [0.15, 0.2) is 30.3 Å². The molecule has 0 saturated carbocycles. The van der Waals surface area contributed by atoms with E-state index in [1.807, 2.05) is 18.2 Å². The molecule has 6 nitrogen and oxygen atoms in total. The van der Waals surface area contributed by atoms with Gasteiger partial charge in [0.25, 0.3) is 0 Å². The highest BCUT2D eigenvalue weighted by Gasteiger charge is 2.15. The first-order valence-corrected chi connectivity index (χ1v) is 7.49. The molecule has 1 aliphatic rings. The molecule has 0 radical (unpaired) electrons. The van der Waals surface area contributed by atoms with E-state index < -0.39 is 0 Å². The van der Waals surface area contributed by atoms with Crippen LogP contribution in [0.5, 0.6) is 0 Å². The smallest absolute Gasteiger partial charge is 0.318 e. The second-order valence-electron chi connectivity index (χ2n) is 5.57. The van der Waals surface area contributed by atoms with Gasteiger partial charge in [-0.25, -0.2) is 9.78 Å². The minimum atomic E-state index is -0.221. The quantitative estimate of drug-likeness (QED) is 0.887. The number of benzene rings is 1. The van der Waals surface area contributed by atoms with Gasteiger partial charge in [-0.1, -0.05) is 0 Å². The Hall–Kier alpha value is -2.34. The Kier molecular flexibility index (Phi) is 4.11. The standard InChI is InChI=1S/C16H21N5O/c1-17-16(22)18-13-4-5-14-12(11-13)3-6-15(19-14)21-9-7-20(2)8-10-21/h3-6,11H,7-10H2,1-2H3,(H2,17,18,22). The number of nitrogens with one attached hydrogen (secondary N) is 2. The van der Waals surface area contributed by atoms with Crippen LogP contribution in [0.1, 0.15) is 0 Å². The molecule has 22 heavy (non-hydrogen) atoms. The summed E-state index contributed by atoms with van der Waals surface area (Å²) in [5.41, 5.74) is 1.71.